The zero-order valence-electron chi connectivity index (χ0n) is 9.31. The van der Waals surface area contributed by atoms with Crippen LogP contribution in [0.25, 0.3) is 0 Å². The molecule has 90 valence electrons. The van der Waals surface area contributed by atoms with E-state index >= 15 is 0 Å². The molecular weight excluding hydrogens is 243 g/mol. The average molecular weight is 261 g/mol. The molecule has 0 heterocycles. The van der Waals surface area contributed by atoms with Gasteiger partial charge in [-0.15, -0.1) is 0 Å². The molecule has 0 aromatic heterocycles. The van der Waals surface area contributed by atoms with E-state index < -0.39 is 0 Å². The first-order valence-corrected chi connectivity index (χ1v) is 6.38. The normalized spacial score (nSPS) is 10.4. The van der Waals surface area contributed by atoms with Crippen molar-refractivity contribution in [3.63, 3.8) is 0 Å². The lowest BCUT2D eigenvalue weighted by Gasteiger charge is -2.07. The Morgan fingerprint density at radius 3 is 2.44 bits per heavy atom. The van der Waals surface area contributed by atoms with Crippen molar-refractivity contribution in [2.45, 2.75) is 25.7 Å². The highest BCUT2D eigenvalue weighted by atomic mass is 35.5. The van der Waals surface area contributed by atoms with Crippen molar-refractivity contribution in [1.29, 1.82) is 0 Å². The van der Waals surface area contributed by atoms with Crippen molar-refractivity contribution in [2.24, 2.45) is 5.73 Å². The first-order chi connectivity index (χ1) is 7.74. The number of benzene rings is 1. The SMILES string of the molecule is NCCCCCCNc1ccc(Cl)c(Cl)c1. The van der Waals surface area contributed by atoms with E-state index in [0.29, 0.717) is 10.0 Å². The third-order valence-corrected chi connectivity index (χ3v) is 3.12. The van der Waals surface area contributed by atoms with E-state index in [1.807, 2.05) is 12.1 Å². The number of hydrogen-bond donors (Lipinski definition) is 2. The van der Waals surface area contributed by atoms with Crippen molar-refractivity contribution in [1.82, 2.24) is 0 Å². The predicted octanol–water partition coefficient (Wildman–Crippen LogP) is 3.92. The van der Waals surface area contributed by atoms with Crippen molar-refractivity contribution < 1.29 is 0 Å². The standard InChI is InChI=1S/C12H18Cl2N2/c13-11-6-5-10(9-12(11)14)16-8-4-2-1-3-7-15/h5-6,9,16H,1-4,7-8,15H2. The van der Waals surface area contributed by atoms with E-state index in [-0.39, 0.29) is 0 Å². The molecular formula is C12H18Cl2N2. The summed E-state index contributed by atoms with van der Waals surface area (Å²) in [5, 5.41) is 4.50. The monoisotopic (exact) mass is 260 g/mol. The second-order valence-electron chi connectivity index (χ2n) is 3.76. The smallest absolute Gasteiger partial charge is 0.0612 e. The van der Waals surface area contributed by atoms with Gasteiger partial charge in [0.25, 0.3) is 0 Å². The van der Waals surface area contributed by atoms with E-state index in [1.165, 1.54) is 12.8 Å². The van der Waals surface area contributed by atoms with Crippen LogP contribution in [-0.4, -0.2) is 13.1 Å². The summed E-state index contributed by atoms with van der Waals surface area (Å²) in [7, 11) is 0. The van der Waals surface area contributed by atoms with Gasteiger partial charge in [-0.3, -0.25) is 0 Å². The first kappa shape index (κ1) is 13.6. The number of anilines is 1. The summed E-state index contributed by atoms with van der Waals surface area (Å²) in [6.07, 6.45) is 4.69. The van der Waals surface area contributed by atoms with E-state index in [2.05, 4.69) is 5.32 Å². The third-order valence-electron chi connectivity index (χ3n) is 2.38. The van der Waals surface area contributed by atoms with Crippen molar-refractivity contribution in [3.8, 4) is 0 Å². The van der Waals surface area contributed by atoms with Crippen LogP contribution in [0.3, 0.4) is 0 Å². The molecule has 1 aromatic rings. The number of nitrogens with one attached hydrogen (secondary N) is 1. The zero-order chi connectivity index (χ0) is 11.8. The minimum atomic E-state index is 0.592. The molecule has 0 saturated heterocycles. The van der Waals surface area contributed by atoms with Gasteiger partial charge in [0.05, 0.1) is 10.0 Å². The van der Waals surface area contributed by atoms with Crippen LogP contribution < -0.4 is 11.1 Å². The van der Waals surface area contributed by atoms with Gasteiger partial charge in [0.2, 0.25) is 0 Å². The number of hydrogen-bond acceptors (Lipinski definition) is 2. The molecule has 0 fully saturated rings. The molecule has 1 aromatic carbocycles. The van der Waals surface area contributed by atoms with E-state index in [1.54, 1.807) is 6.07 Å². The highest BCUT2D eigenvalue weighted by Crippen LogP contribution is 2.24. The molecule has 3 N–H and O–H groups in total. The summed E-state index contributed by atoms with van der Waals surface area (Å²) in [5.74, 6) is 0. The van der Waals surface area contributed by atoms with Gasteiger partial charge in [-0.2, -0.15) is 0 Å². The molecule has 0 spiro atoms. The molecule has 1 rings (SSSR count). The molecule has 0 aliphatic carbocycles. The topological polar surface area (TPSA) is 38.0 Å². The molecule has 0 aliphatic heterocycles. The lowest BCUT2D eigenvalue weighted by atomic mass is 10.2. The molecule has 0 atom stereocenters. The van der Waals surface area contributed by atoms with Crippen LogP contribution in [0.4, 0.5) is 5.69 Å². The van der Waals surface area contributed by atoms with Gasteiger partial charge in [-0.05, 0) is 37.6 Å². The molecule has 0 amide bonds. The number of rotatable bonds is 7. The fourth-order valence-electron chi connectivity index (χ4n) is 1.46. The maximum atomic E-state index is 5.91. The molecule has 0 bridgehead atoms. The highest BCUT2D eigenvalue weighted by molar-refractivity contribution is 6.42. The van der Waals surface area contributed by atoms with Gasteiger partial charge in [0, 0.05) is 12.2 Å². The first-order valence-electron chi connectivity index (χ1n) is 5.63. The van der Waals surface area contributed by atoms with Crippen LogP contribution in [-0.2, 0) is 0 Å². The van der Waals surface area contributed by atoms with E-state index in [0.717, 1.165) is 31.6 Å². The van der Waals surface area contributed by atoms with Crippen LogP contribution in [0.1, 0.15) is 25.7 Å². The van der Waals surface area contributed by atoms with Gasteiger partial charge in [-0.25, -0.2) is 0 Å². The Kier molecular flexibility index (Phi) is 6.62. The van der Waals surface area contributed by atoms with Gasteiger partial charge in [-0.1, -0.05) is 36.0 Å². The summed E-state index contributed by atoms with van der Waals surface area (Å²) < 4.78 is 0. The maximum Gasteiger partial charge on any atom is 0.0612 e. The molecule has 0 radical (unpaired) electrons. The molecule has 2 nitrogen and oxygen atoms in total. The quantitative estimate of drug-likeness (QED) is 0.730. The van der Waals surface area contributed by atoms with Gasteiger partial charge in [0.15, 0.2) is 0 Å². The largest absolute Gasteiger partial charge is 0.385 e. The Hall–Kier alpha value is -0.440. The second kappa shape index (κ2) is 7.77. The van der Waals surface area contributed by atoms with Gasteiger partial charge >= 0.3 is 0 Å². The van der Waals surface area contributed by atoms with Crippen molar-refractivity contribution in [3.05, 3.63) is 28.2 Å². The summed E-state index contributed by atoms with van der Waals surface area (Å²) in [6.45, 7) is 1.75. The summed E-state index contributed by atoms with van der Waals surface area (Å²) in [6, 6.07) is 5.60. The predicted molar refractivity (Wildman–Crippen MR) is 72.5 cm³/mol. The lowest BCUT2D eigenvalue weighted by molar-refractivity contribution is 0.661. The van der Waals surface area contributed by atoms with Crippen molar-refractivity contribution in [2.75, 3.05) is 18.4 Å². The van der Waals surface area contributed by atoms with Crippen LogP contribution in [0.2, 0.25) is 10.0 Å². The fraction of sp³-hybridized carbons (Fsp3) is 0.500. The summed E-state index contributed by atoms with van der Waals surface area (Å²) in [5.41, 5.74) is 6.44. The number of nitrogens with two attached hydrogens (primary N) is 1. The number of halogens is 2. The van der Waals surface area contributed by atoms with Crippen LogP contribution in [0.5, 0.6) is 0 Å². The van der Waals surface area contributed by atoms with Crippen molar-refractivity contribution >= 4 is 28.9 Å². The zero-order valence-corrected chi connectivity index (χ0v) is 10.8. The molecule has 0 aliphatic rings. The highest BCUT2D eigenvalue weighted by Gasteiger charge is 1.98. The fourth-order valence-corrected chi connectivity index (χ4v) is 1.76. The second-order valence-corrected chi connectivity index (χ2v) is 4.57. The molecule has 0 unspecified atom stereocenters. The Bertz CT molecular complexity index is 316. The van der Waals surface area contributed by atoms with Gasteiger partial charge < -0.3 is 11.1 Å². The average Bonchev–Trinajstić information content (AvgIpc) is 2.28. The lowest BCUT2D eigenvalue weighted by Crippen LogP contribution is -2.02. The minimum Gasteiger partial charge on any atom is -0.385 e. The van der Waals surface area contributed by atoms with Gasteiger partial charge in [0.1, 0.15) is 0 Å². The summed E-state index contributed by atoms with van der Waals surface area (Å²) in [4.78, 5) is 0. The minimum absolute atomic E-state index is 0.592. The van der Waals surface area contributed by atoms with Crippen LogP contribution >= 0.6 is 23.2 Å². The summed E-state index contributed by atoms with van der Waals surface area (Å²) >= 11 is 11.7. The Balaban J connectivity index is 2.19. The van der Waals surface area contributed by atoms with E-state index in [9.17, 15) is 0 Å². The third kappa shape index (κ3) is 5.06. The Labute approximate surface area is 107 Å². The maximum absolute atomic E-state index is 5.91. The molecule has 0 saturated carbocycles. The Morgan fingerprint density at radius 2 is 1.75 bits per heavy atom. The Morgan fingerprint density at radius 1 is 1.00 bits per heavy atom. The molecule has 4 heteroatoms. The number of unbranched alkanes of at least 4 members (excludes halogenated alkanes) is 3. The molecule has 16 heavy (non-hydrogen) atoms. The van der Waals surface area contributed by atoms with E-state index in [4.69, 9.17) is 28.9 Å². The van der Waals surface area contributed by atoms with Crippen LogP contribution in [0, 0.1) is 0 Å². The van der Waals surface area contributed by atoms with Crippen LogP contribution in [0.15, 0.2) is 18.2 Å².